The molecule has 3 rings (SSSR count). The van der Waals surface area contributed by atoms with E-state index in [4.69, 9.17) is 0 Å². The average molecular weight is 435 g/mol. The molecule has 0 amide bonds. The van der Waals surface area contributed by atoms with E-state index in [1.54, 1.807) is 39.0 Å². The fraction of sp³-hybridized carbons (Fsp3) is 0.263. The van der Waals surface area contributed by atoms with Crippen molar-refractivity contribution in [3.05, 3.63) is 48.3 Å². The van der Waals surface area contributed by atoms with Gasteiger partial charge in [-0.2, -0.15) is 0 Å². The van der Waals surface area contributed by atoms with Crippen LogP contribution in [0.1, 0.15) is 20.8 Å². The van der Waals surface area contributed by atoms with Gasteiger partial charge in [0, 0.05) is 21.7 Å². The number of fused-ring (bicyclic) bond motifs is 1. The first-order valence-electron chi connectivity index (χ1n) is 8.57. The topological polar surface area (TPSA) is 108 Å². The number of aromatic nitrogens is 2. The minimum absolute atomic E-state index is 0.111. The van der Waals surface area contributed by atoms with Crippen molar-refractivity contribution in [1.29, 1.82) is 0 Å². The minimum Gasteiger partial charge on any atom is -0.589 e. The van der Waals surface area contributed by atoms with Gasteiger partial charge in [0.05, 0.1) is 11.2 Å². The van der Waals surface area contributed by atoms with Gasteiger partial charge in [-0.1, -0.05) is 11.2 Å². The Kier molecular flexibility index (Phi) is 5.70. The van der Waals surface area contributed by atoms with Crippen LogP contribution in [0.25, 0.3) is 22.2 Å². The molecular weight excluding hydrogens is 415 g/mol. The Morgan fingerprint density at radius 3 is 2.48 bits per heavy atom. The van der Waals surface area contributed by atoms with Gasteiger partial charge in [-0.15, -0.1) is 0 Å². The number of halogens is 1. The van der Waals surface area contributed by atoms with Crippen LogP contribution in [0.3, 0.4) is 0 Å². The third kappa shape index (κ3) is 4.95. The lowest BCUT2D eigenvalue weighted by Gasteiger charge is -2.16. The van der Waals surface area contributed by atoms with Gasteiger partial charge in [0.1, 0.15) is 21.9 Å². The highest BCUT2D eigenvalue weighted by atomic mass is 32.2. The van der Waals surface area contributed by atoms with E-state index in [0.717, 1.165) is 6.26 Å². The molecule has 0 N–H and O–H groups in total. The van der Waals surface area contributed by atoms with Gasteiger partial charge in [0.15, 0.2) is 20.7 Å². The molecule has 0 aliphatic heterocycles. The van der Waals surface area contributed by atoms with Crippen LogP contribution in [0.4, 0.5) is 10.2 Å². The highest BCUT2D eigenvalue weighted by Crippen LogP contribution is 2.33. The first kappa shape index (κ1) is 21.3. The Morgan fingerprint density at radius 1 is 1.10 bits per heavy atom. The fourth-order valence-corrected chi connectivity index (χ4v) is 3.36. The van der Waals surface area contributed by atoms with Crippen molar-refractivity contribution in [3.8, 4) is 11.3 Å². The van der Waals surface area contributed by atoms with Crippen LogP contribution in [0, 0.1) is 5.82 Å². The normalized spacial score (nSPS) is 13.9. The summed E-state index contributed by atoms with van der Waals surface area (Å²) in [6, 6.07) is 10.2. The molecule has 1 aromatic carbocycles. The van der Waals surface area contributed by atoms with Crippen molar-refractivity contribution < 1.29 is 17.4 Å². The molecule has 152 valence electrons. The SMILES string of the molecule is CC(C)(C)[S+]([O-])N=Nc1nc2ccc(F)cc2cc1-c1cccc(S(C)(=O)=O)n1. The summed E-state index contributed by atoms with van der Waals surface area (Å²) in [5.74, 6) is -0.328. The molecule has 0 fully saturated rings. The van der Waals surface area contributed by atoms with Gasteiger partial charge in [-0.25, -0.2) is 22.8 Å². The standard InChI is InChI=1S/C19H19FN4O3S2/c1-19(2,3)28(25)24-23-18-14(11-12-10-13(20)8-9-15(12)22-18)16-6-5-7-17(21-16)29(4,26)27/h5-11H,1-4H3. The molecular formula is C19H19FN4O3S2. The Bertz CT molecular complexity index is 1210. The summed E-state index contributed by atoms with van der Waals surface area (Å²) in [5.41, 5.74) is 1.09. The van der Waals surface area contributed by atoms with Gasteiger partial charge in [0.25, 0.3) is 0 Å². The summed E-state index contributed by atoms with van der Waals surface area (Å²) in [7, 11) is -3.53. The fourth-order valence-electron chi connectivity index (χ4n) is 2.37. The summed E-state index contributed by atoms with van der Waals surface area (Å²) < 4.78 is 52.9. The van der Waals surface area contributed by atoms with Crippen LogP contribution in [0.15, 0.2) is 57.1 Å². The lowest BCUT2D eigenvalue weighted by Crippen LogP contribution is -2.25. The zero-order chi connectivity index (χ0) is 21.4. The molecule has 0 saturated carbocycles. The van der Waals surface area contributed by atoms with Crippen LogP contribution >= 0.6 is 0 Å². The van der Waals surface area contributed by atoms with Crippen LogP contribution in [0.2, 0.25) is 0 Å². The van der Waals surface area contributed by atoms with Gasteiger partial charge < -0.3 is 4.55 Å². The molecule has 0 aliphatic carbocycles. The van der Waals surface area contributed by atoms with Crippen molar-refractivity contribution in [3.63, 3.8) is 0 Å². The monoisotopic (exact) mass is 434 g/mol. The third-order valence-corrected chi connectivity index (χ3v) is 6.13. The van der Waals surface area contributed by atoms with Crippen LogP contribution < -0.4 is 0 Å². The van der Waals surface area contributed by atoms with Gasteiger partial charge >= 0.3 is 0 Å². The lowest BCUT2D eigenvalue weighted by molar-refractivity contribution is 0.559. The first-order valence-corrected chi connectivity index (χ1v) is 11.6. The van der Waals surface area contributed by atoms with Crippen LogP contribution in [0.5, 0.6) is 0 Å². The predicted octanol–water partition coefficient (Wildman–Crippen LogP) is 4.39. The number of hydrogen-bond acceptors (Lipinski definition) is 7. The number of benzene rings is 1. The molecule has 1 atom stereocenters. The van der Waals surface area contributed by atoms with Crippen LogP contribution in [-0.2, 0) is 21.2 Å². The average Bonchev–Trinajstić information content (AvgIpc) is 2.64. The molecule has 0 saturated heterocycles. The van der Waals surface area contributed by atoms with Crippen molar-refractivity contribution in [1.82, 2.24) is 9.97 Å². The summed E-state index contributed by atoms with van der Waals surface area (Å²) in [6.07, 6.45) is 1.06. The molecule has 0 bridgehead atoms. The summed E-state index contributed by atoms with van der Waals surface area (Å²) >= 11 is -1.62. The van der Waals surface area contributed by atoms with Gasteiger partial charge in [0.2, 0.25) is 0 Å². The highest BCUT2D eigenvalue weighted by Gasteiger charge is 2.27. The molecule has 0 spiro atoms. The van der Waals surface area contributed by atoms with Crippen molar-refractivity contribution in [2.45, 2.75) is 30.5 Å². The molecule has 7 nitrogen and oxygen atoms in total. The number of nitrogens with zero attached hydrogens (tertiary/aromatic N) is 4. The Labute approximate surface area is 171 Å². The van der Waals surface area contributed by atoms with E-state index >= 15 is 0 Å². The third-order valence-electron chi connectivity index (χ3n) is 3.87. The Balaban J connectivity index is 2.22. The second kappa shape index (κ2) is 7.77. The molecule has 29 heavy (non-hydrogen) atoms. The van der Waals surface area contributed by atoms with E-state index < -0.39 is 31.8 Å². The Hall–Kier alpha value is -2.43. The number of hydrogen-bond donors (Lipinski definition) is 0. The summed E-state index contributed by atoms with van der Waals surface area (Å²) in [5, 5.41) is 4.42. The second-order valence-corrected chi connectivity index (χ2v) is 11.2. The maximum Gasteiger partial charge on any atom is 0.192 e. The minimum atomic E-state index is -3.53. The van der Waals surface area contributed by atoms with Crippen molar-refractivity contribution >= 4 is 37.9 Å². The highest BCUT2D eigenvalue weighted by molar-refractivity contribution is 7.91. The number of rotatable bonds is 4. The summed E-state index contributed by atoms with van der Waals surface area (Å²) in [6.45, 7) is 5.28. The largest absolute Gasteiger partial charge is 0.589 e. The lowest BCUT2D eigenvalue weighted by atomic mass is 10.1. The molecule has 3 aromatic rings. The molecule has 10 heteroatoms. The zero-order valence-electron chi connectivity index (χ0n) is 16.2. The van der Waals surface area contributed by atoms with Gasteiger partial charge in [-0.3, -0.25) is 0 Å². The van der Waals surface area contributed by atoms with E-state index in [-0.39, 0.29) is 16.5 Å². The molecule has 2 heterocycles. The number of pyridine rings is 2. The maximum atomic E-state index is 13.7. The van der Waals surface area contributed by atoms with E-state index in [1.807, 2.05) is 0 Å². The van der Waals surface area contributed by atoms with E-state index in [9.17, 15) is 17.4 Å². The summed E-state index contributed by atoms with van der Waals surface area (Å²) in [4.78, 5) is 8.57. The smallest absolute Gasteiger partial charge is 0.192 e. The van der Waals surface area contributed by atoms with E-state index in [1.165, 1.54) is 24.3 Å². The van der Waals surface area contributed by atoms with E-state index in [0.29, 0.717) is 16.5 Å². The zero-order valence-corrected chi connectivity index (χ0v) is 17.9. The predicted molar refractivity (Wildman–Crippen MR) is 110 cm³/mol. The Morgan fingerprint density at radius 2 is 1.83 bits per heavy atom. The van der Waals surface area contributed by atoms with E-state index in [2.05, 4.69) is 19.6 Å². The van der Waals surface area contributed by atoms with Gasteiger partial charge in [-0.05, 0) is 57.2 Å². The van der Waals surface area contributed by atoms with Crippen molar-refractivity contribution in [2.75, 3.05) is 6.26 Å². The maximum absolute atomic E-state index is 13.7. The van der Waals surface area contributed by atoms with Crippen molar-refractivity contribution in [2.24, 2.45) is 9.63 Å². The molecule has 0 aliphatic rings. The molecule has 2 aromatic heterocycles. The number of sulfone groups is 1. The molecule has 0 radical (unpaired) electrons. The second-order valence-electron chi connectivity index (χ2n) is 7.37. The quantitative estimate of drug-likeness (QED) is 0.447. The first-order chi connectivity index (χ1) is 13.4. The molecule has 1 unspecified atom stereocenters. The van der Waals surface area contributed by atoms with Crippen LogP contribution in [-0.4, -0.2) is 33.9 Å².